The molecule has 0 N–H and O–H groups in total. The van der Waals surface area contributed by atoms with E-state index >= 15 is 0 Å². The van der Waals surface area contributed by atoms with E-state index in [2.05, 4.69) is 10.8 Å². The highest BCUT2D eigenvalue weighted by molar-refractivity contribution is 6.00. The zero-order valence-electron chi connectivity index (χ0n) is 13.9. The van der Waals surface area contributed by atoms with E-state index in [0.29, 0.717) is 11.1 Å². The third-order valence-electron chi connectivity index (χ3n) is 3.85. The van der Waals surface area contributed by atoms with Crippen LogP contribution in [-0.4, -0.2) is 26.2 Å². The highest BCUT2D eigenvalue weighted by Crippen LogP contribution is 2.39. The van der Waals surface area contributed by atoms with Crippen LogP contribution in [0.4, 0.5) is 0 Å². The summed E-state index contributed by atoms with van der Waals surface area (Å²) in [5.41, 5.74) is -0.528. The predicted octanol–water partition coefficient (Wildman–Crippen LogP) is 2.77. The van der Waals surface area contributed by atoms with E-state index in [-0.39, 0.29) is 5.57 Å². The smallest absolute Gasteiger partial charge is 0.336 e. The van der Waals surface area contributed by atoms with Crippen LogP contribution in [0.5, 0.6) is 0 Å². The van der Waals surface area contributed by atoms with E-state index in [1.54, 1.807) is 60.7 Å². The summed E-state index contributed by atoms with van der Waals surface area (Å²) in [4.78, 5) is 24.3. The molecule has 2 aromatic carbocycles. The van der Waals surface area contributed by atoms with Crippen LogP contribution in [0.15, 0.2) is 72.3 Å². The minimum absolute atomic E-state index is 0.109. The minimum Gasteiger partial charge on any atom is -0.466 e. The molecule has 0 amide bonds. The lowest BCUT2D eigenvalue weighted by atomic mass is 9.70. The summed E-state index contributed by atoms with van der Waals surface area (Å²) in [5, 5.41) is 10.1. The first-order chi connectivity index (χ1) is 12.1. The van der Waals surface area contributed by atoms with Crippen molar-refractivity contribution in [3.63, 3.8) is 0 Å². The number of benzene rings is 2. The van der Waals surface area contributed by atoms with Gasteiger partial charge in [0.15, 0.2) is 0 Å². The zero-order valence-corrected chi connectivity index (χ0v) is 13.9. The average Bonchev–Trinajstić information content (AvgIpc) is 2.69. The molecule has 0 saturated heterocycles. The molecule has 0 atom stereocenters. The van der Waals surface area contributed by atoms with Crippen molar-refractivity contribution in [3.05, 3.63) is 83.4 Å². The molecule has 0 saturated carbocycles. The van der Waals surface area contributed by atoms with Crippen LogP contribution in [0.25, 0.3) is 0 Å². The fourth-order valence-corrected chi connectivity index (χ4v) is 2.65. The molecule has 5 heteroatoms. The van der Waals surface area contributed by atoms with Crippen molar-refractivity contribution < 1.29 is 19.1 Å². The van der Waals surface area contributed by atoms with E-state index in [1.165, 1.54) is 14.2 Å². The second-order valence-electron chi connectivity index (χ2n) is 5.17. The van der Waals surface area contributed by atoms with Gasteiger partial charge >= 0.3 is 11.9 Å². The van der Waals surface area contributed by atoms with E-state index in [0.717, 1.165) is 6.08 Å². The number of hydrogen-bond donors (Lipinski definition) is 0. The third-order valence-corrected chi connectivity index (χ3v) is 3.85. The summed E-state index contributed by atoms with van der Waals surface area (Å²) in [6.45, 7) is 0. The van der Waals surface area contributed by atoms with Crippen molar-refractivity contribution in [1.29, 1.82) is 5.26 Å². The molecular formula is C20H17NO4. The van der Waals surface area contributed by atoms with Gasteiger partial charge in [-0.25, -0.2) is 9.59 Å². The average molecular weight is 335 g/mol. The summed E-state index contributed by atoms with van der Waals surface area (Å²) in [6, 6.07) is 19.8. The van der Waals surface area contributed by atoms with Gasteiger partial charge in [-0.3, -0.25) is 0 Å². The Kier molecular flexibility index (Phi) is 5.70. The van der Waals surface area contributed by atoms with Crippen molar-refractivity contribution >= 4 is 11.9 Å². The fourth-order valence-electron chi connectivity index (χ4n) is 2.65. The summed E-state index contributed by atoms with van der Waals surface area (Å²) < 4.78 is 9.50. The number of rotatable bonds is 5. The van der Waals surface area contributed by atoms with Gasteiger partial charge in [-0.1, -0.05) is 60.7 Å². The quantitative estimate of drug-likeness (QED) is 0.620. The van der Waals surface area contributed by atoms with Crippen LogP contribution in [-0.2, 0) is 24.5 Å². The van der Waals surface area contributed by atoms with Gasteiger partial charge in [-0.2, -0.15) is 5.26 Å². The summed E-state index contributed by atoms with van der Waals surface area (Å²) in [7, 11) is 2.40. The Hall–Kier alpha value is -3.39. The topological polar surface area (TPSA) is 76.4 Å². The summed E-state index contributed by atoms with van der Waals surface area (Å²) >= 11 is 0. The molecule has 0 aromatic heterocycles. The second kappa shape index (κ2) is 7.93. The number of nitriles is 1. The van der Waals surface area contributed by atoms with E-state index in [1.807, 2.05) is 0 Å². The Morgan fingerprint density at radius 1 is 0.920 bits per heavy atom. The SMILES string of the molecule is COC(=O)/C=C(\C(=O)OC)C(C#N)(c1ccccc1)c1ccccc1. The first-order valence-corrected chi connectivity index (χ1v) is 7.51. The van der Waals surface area contributed by atoms with Crippen molar-refractivity contribution in [1.82, 2.24) is 0 Å². The minimum atomic E-state index is -1.51. The Balaban J connectivity index is 2.86. The molecule has 0 aliphatic carbocycles. The Morgan fingerprint density at radius 2 is 1.40 bits per heavy atom. The number of nitrogens with zero attached hydrogens (tertiary/aromatic N) is 1. The van der Waals surface area contributed by atoms with Crippen LogP contribution in [0.2, 0.25) is 0 Å². The first kappa shape index (κ1) is 18.0. The second-order valence-corrected chi connectivity index (χ2v) is 5.17. The number of hydrogen-bond acceptors (Lipinski definition) is 5. The Morgan fingerprint density at radius 3 is 1.76 bits per heavy atom. The lowest BCUT2D eigenvalue weighted by Gasteiger charge is -2.29. The van der Waals surface area contributed by atoms with Gasteiger partial charge in [0.2, 0.25) is 0 Å². The van der Waals surface area contributed by atoms with Crippen LogP contribution >= 0.6 is 0 Å². The maximum atomic E-state index is 12.5. The molecule has 0 heterocycles. The third kappa shape index (κ3) is 3.43. The zero-order chi connectivity index (χ0) is 18.3. The monoisotopic (exact) mass is 335 g/mol. The van der Waals surface area contributed by atoms with E-state index in [4.69, 9.17) is 4.74 Å². The largest absolute Gasteiger partial charge is 0.466 e. The van der Waals surface area contributed by atoms with Gasteiger partial charge in [0, 0.05) is 6.08 Å². The fraction of sp³-hybridized carbons (Fsp3) is 0.150. The van der Waals surface area contributed by atoms with Gasteiger partial charge in [0.25, 0.3) is 0 Å². The molecule has 0 aliphatic heterocycles. The maximum absolute atomic E-state index is 12.5. The first-order valence-electron chi connectivity index (χ1n) is 7.51. The lowest BCUT2D eigenvalue weighted by molar-refractivity contribution is -0.138. The van der Waals surface area contributed by atoms with Gasteiger partial charge in [-0.15, -0.1) is 0 Å². The van der Waals surface area contributed by atoms with Gasteiger partial charge < -0.3 is 9.47 Å². The molecule has 0 radical (unpaired) electrons. The number of esters is 2. The maximum Gasteiger partial charge on any atom is 0.336 e. The molecule has 0 bridgehead atoms. The van der Waals surface area contributed by atoms with Crippen LogP contribution in [0.1, 0.15) is 11.1 Å². The predicted molar refractivity (Wildman–Crippen MR) is 91.4 cm³/mol. The molecule has 25 heavy (non-hydrogen) atoms. The van der Waals surface area contributed by atoms with Crippen LogP contribution in [0, 0.1) is 11.3 Å². The number of methoxy groups -OCH3 is 2. The lowest BCUT2D eigenvalue weighted by Crippen LogP contribution is -2.34. The Bertz CT molecular complexity index is 780. The normalized spacial score (nSPS) is 11.3. The molecule has 126 valence electrons. The van der Waals surface area contributed by atoms with Gasteiger partial charge in [-0.05, 0) is 11.1 Å². The molecule has 0 fully saturated rings. The van der Waals surface area contributed by atoms with E-state index < -0.39 is 17.4 Å². The highest BCUT2D eigenvalue weighted by Gasteiger charge is 2.43. The number of ether oxygens (including phenoxy) is 2. The molecule has 0 spiro atoms. The van der Waals surface area contributed by atoms with Gasteiger partial charge in [0.05, 0.1) is 25.9 Å². The Labute approximate surface area is 146 Å². The van der Waals surface area contributed by atoms with E-state index in [9.17, 15) is 14.9 Å². The molecule has 0 unspecified atom stereocenters. The molecule has 5 nitrogen and oxygen atoms in total. The molecule has 2 rings (SSSR count). The molecule has 0 aliphatic rings. The molecule has 2 aromatic rings. The van der Waals surface area contributed by atoms with Crippen molar-refractivity contribution in [3.8, 4) is 6.07 Å². The van der Waals surface area contributed by atoms with Crippen LogP contribution in [0.3, 0.4) is 0 Å². The number of carbonyl (C=O) groups excluding carboxylic acids is 2. The number of carbonyl (C=O) groups is 2. The summed E-state index contributed by atoms with van der Waals surface area (Å²) in [6.07, 6.45) is 1.01. The molecular weight excluding hydrogens is 318 g/mol. The van der Waals surface area contributed by atoms with Crippen LogP contribution < -0.4 is 0 Å². The van der Waals surface area contributed by atoms with Gasteiger partial charge in [0.1, 0.15) is 5.41 Å². The van der Waals surface area contributed by atoms with Crippen molar-refractivity contribution in [2.24, 2.45) is 0 Å². The van der Waals surface area contributed by atoms with Crippen molar-refractivity contribution in [2.45, 2.75) is 5.41 Å². The highest BCUT2D eigenvalue weighted by atomic mass is 16.5. The summed E-state index contributed by atoms with van der Waals surface area (Å²) in [5.74, 6) is -1.52. The standard InChI is InChI=1S/C20H17NO4/c1-24-18(22)13-17(19(23)25-2)20(14-21,15-9-5-3-6-10-15)16-11-7-4-8-12-16/h3-13H,1-2H3/b17-13+. The van der Waals surface area contributed by atoms with Crippen molar-refractivity contribution in [2.75, 3.05) is 14.2 Å².